The minimum atomic E-state index is 0.0251. The average Bonchev–Trinajstić information content (AvgIpc) is 3.46. The molecule has 148 valence electrons. The van der Waals surface area contributed by atoms with E-state index in [1.165, 1.54) is 11.3 Å². The summed E-state index contributed by atoms with van der Waals surface area (Å²) >= 11 is 13.7. The van der Waals surface area contributed by atoms with Gasteiger partial charge in [0, 0.05) is 54.4 Å². The Morgan fingerprint density at radius 1 is 1.10 bits per heavy atom. The number of anilines is 1. The van der Waals surface area contributed by atoms with Gasteiger partial charge in [-0.3, -0.25) is 4.79 Å². The third-order valence-electron chi connectivity index (χ3n) is 5.27. The third-order valence-corrected chi connectivity index (χ3v) is 6.74. The van der Waals surface area contributed by atoms with Crippen molar-refractivity contribution >= 4 is 57.0 Å². The Hall–Kier alpha value is -2.41. The van der Waals surface area contributed by atoms with Gasteiger partial charge in [-0.05, 0) is 30.3 Å². The standard InChI is InChI=1S/C21H17Cl2N3O2S/c22-18-11-16(20(23)29-18)25-6-8-26(9-7-25)21(27)13-3-1-4-15-19(13)14(12-24-15)17-5-2-10-28-17/h1-5,10-12,24H,6-9H2. The second-order valence-electron chi connectivity index (χ2n) is 6.90. The molecular weight excluding hydrogens is 429 g/mol. The highest BCUT2D eigenvalue weighted by molar-refractivity contribution is 7.20. The summed E-state index contributed by atoms with van der Waals surface area (Å²) in [6.45, 7) is 2.68. The zero-order valence-electron chi connectivity index (χ0n) is 15.3. The second kappa shape index (κ2) is 7.44. The van der Waals surface area contributed by atoms with Gasteiger partial charge in [-0.2, -0.15) is 0 Å². The Labute approximate surface area is 181 Å². The number of hydrogen-bond acceptors (Lipinski definition) is 4. The number of piperazine rings is 1. The largest absolute Gasteiger partial charge is 0.464 e. The van der Waals surface area contributed by atoms with Crippen LogP contribution >= 0.6 is 34.5 Å². The van der Waals surface area contributed by atoms with E-state index >= 15 is 0 Å². The van der Waals surface area contributed by atoms with Crippen LogP contribution in [0.3, 0.4) is 0 Å². The zero-order valence-corrected chi connectivity index (χ0v) is 17.7. The number of carbonyl (C=O) groups excluding carboxylic acids is 1. The number of furan rings is 1. The van der Waals surface area contributed by atoms with E-state index in [9.17, 15) is 4.79 Å². The monoisotopic (exact) mass is 445 g/mol. The van der Waals surface area contributed by atoms with Crippen LogP contribution in [0.15, 0.2) is 53.3 Å². The van der Waals surface area contributed by atoms with Crippen molar-refractivity contribution in [3.05, 3.63) is 63.1 Å². The molecule has 0 atom stereocenters. The minimum absolute atomic E-state index is 0.0251. The molecule has 1 fully saturated rings. The summed E-state index contributed by atoms with van der Waals surface area (Å²) in [5, 5.41) is 0.891. The molecule has 0 unspecified atom stereocenters. The molecule has 4 heterocycles. The molecule has 1 aliphatic rings. The number of aromatic amines is 1. The van der Waals surface area contributed by atoms with Gasteiger partial charge in [0.05, 0.1) is 16.3 Å². The highest BCUT2D eigenvalue weighted by atomic mass is 35.5. The maximum absolute atomic E-state index is 13.4. The van der Waals surface area contributed by atoms with Crippen LogP contribution in [0.5, 0.6) is 0 Å². The number of hydrogen-bond donors (Lipinski definition) is 1. The fourth-order valence-electron chi connectivity index (χ4n) is 3.86. The van der Waals surface area contributed by atoms with Gasteiger partial charge in [0.25, 0.3) is 5.91 Å². The number of benzene rings is 1. The number of halogens is 2. The van der Waals surface area contributed by atoms with Crippen molar-refractivity contribution in [1.82, 2.24) is 9.88 Å². The molecule has 1 N–H and O–H groups in total. The van der Waals surface area contributed by atoms with Crippen molar-refractivity contribution in [3.8, 4) is 11.3 Å². The highest BCUT2D eigenvalue weighted by Crippen LogP contribution is 2.38. The molecular formula is C21H17Cl2N3O2S. The quantitative estimate of drug-likeness (QED) is 0.436. The number of carbonyl (C=O) groups is 1. The van der Waals surface area contributed by atoms with Crippen LogP contribution in [-0.2, 0) is 0 Å². The van der Waals surface area contributed by atoms with Crippen LogP contribution in [-0.4, -0.2) is 42.0 Å². The van der Waals surface area contributed by atoms with Crippen molar-refractivity contribution in [2.75, 3.05) is 31.1 Å². The Bertz CT molecular complexity index is 1170. The molecule has 1 aromatic carbocycles. The number of fused-ring (bicyclic) bond motifs is 1. The van der Waals surface area contributed by atoms with Crippen LogP contribution < -0.4 is 4.90 Å². The summed E-state index contributed by atoms with van der Waals surface area (Å²) in [7, 11) is 0. The van der Waals surface area contributed by atoms with Gasteiger partial charge < -0.3 is 19.2 Å². The maximum atomic E-state index is 13.4. The van der Waals surface area contributed by atoms with E-state index in [0.717, 1.165) is 27.9 Å². The molecule has 0 saturated carbocycles. The van der Waals surface area contributed by atoms with Crippen LogP contribution in [0.4, 0.5) is 5.69 Å². The first kappa shape index (κ1) is 18.6. The van der Waals surface area contributed by atoms with Crippen molar-refractivity contribution in [1.29, 1.82) is 0 Å². The predicted molar refractivity (Wildman–Crippen MR) is 118 cm³/mol. The minimum Gasteiger partial charge on any atom is -0.464 e. The van der Waals surface area contributed by atoms with Gasteiger partial charge >= 0.3 is 0 Å². The topological polar surface area (TPSA) is 52.5 Å². The number of H-pyrrole nitrogens is 1. The van der Waals surface area contributed by atoms with Crippen LogP contribution in [0, 0.1) is 0 Å². The fraction of sp³-hybridized carbons (Fsp3) is 0.190. The third kappa shape index (κ3) is 3.31. The van der Waals surface area contributed by atoms with E-state index in [4.69, 9.17) is 27.6 Å². The summed E-state index contributed by atoms with van der Waals surface area (Å²) in [5.41, 5.74) is 3.44. The first-order valence-corrected chi connectivity index (χ1v) is 10.8. The molecule has 0 aliphatic carbocycles. The van der Waals surface area contributed by atoms with Gasteiger partial charge in [0.1, 0.15) is 10.1 Å². The molecule has 8 heteroatoms. The van der Waals surface area contributed by atoms with E-state index in [1.54, 1.807) is 6.26 Å². The van der Waals surface area contributed by atoms with Gasteiger partial charge in [0.2, 0.25) is 0 Å². The highest BCUT2D eigenvalue weighted by Gasteiger charge is 2.26. The summed E-state index contributed by atoms with van der Waals surface area (Å²) in [6, 6.07) is 11.4. The molecule has 29 heavy (non-hydrogen) atoms. The normalized spacial score (nSPS) is 14.7. The Balaban J connectivity index is 1.41. The van der Waals surface area contributed by atoms with Gasteiger partial charge in [-0.15, -0.1) is 11.3 Å². The molecule has 1 amide bonds. The van der Waals surface area contributed by atoms with E-state index in [2.05, 4.69) is 9.88 Å². The zero-order chi connectivity index (χ0) is 20.0. The predicted octanol–water partition coefficient (Wildman–Crippen LogP) is 5.76. The van der Waals surface area contributed by atoms with Gasteiger partial charge in [-0.25, -0.2) is 0 Å². The smallest absolute Gasteiger partial charge is 0.254 e. The Kier molecular flexibility index (Phi) is 4.78. The number of aromatic nitrogens is 1. The Morgan fingerprint density at radius 3 is 2.62 bits per heavy atom. The van der Waals surface area contributed by atoms with Crippen molar-refractivity contribution in [2.24, 2.45) is 0 Å². The van der Waals surface area contributed by atoms with Crippen molar-refractivity contribution < 1.29 is 9.21 Å². The number of nitrogens with one attached hydrogen (secondary N) is 1. The van der Waals surface area contributed by atoms with Crippen LogP contribution in [0.2, 0.25) is 8.67 Å². The first-order chi connectivity index (χ1) is 14.1. The summed E-state index contributed by atoms with van der Waals surface area (Å²) in [6.07, 6.45) is 3.53. The van der Waals surface area contributed by atoms with E-state index < -0.39 is 0 Å². The first-order valence-electron chi connectivity index (χ1n) is 9.25. The van der Waals surface area contributed by atoms with Crippen LogP contribution in [0.25, 0.3) is 22.2 Å². The lowest BCUT2D eigenvalue weighted by molar-refractivity contribution is 0.0749. The fourth-order valence-corrected chi connectivity index (χ4v) is 5.37. The summed E-state index contributed by atoms with van der Waals surface area (Å²) in [4.78, 5) is 20.7. The number of nitrogens with zero attached hydrogens (tertiary/aromatic N) is 2. The number of rotatable bonds is 3. The Morgan fingerprint density at radius 2 is 1.93 bits per heavy atom. The number of thiophene rings is 1. The molecule has 5 rings (SSSR count). The summed E-state index contributed by atoms with van der Waals surface area (Å²) < 4.78 is 6.93. The molecule has 3 aromatic heterocycles. The van der Waals surface area contributed by atoms with E-state index in [1.807, 2.05) is 47.5 Å². The average molecular weight is 446 g/mol. The maximum Gasteiger partial charge on any atom is 0.254 e. The lowest BCUT2D eigenvalue weighted by Crippen LogP contribution is -2.48. The SMILES string of the molecule is O=C(c1cccc2[nH]cc(-c3ccco3)c12)N1CCN(c2cc(Cl)sc2Cl)CC1. The molecule has 0 radical (unpaired) electrons. The molecule has 4 aromatic rings. The lowest BCUT2D eigenvalue weighted by Gasteiger charge is -2.36. The second-order valence-corrected chi connectivity index (χ2v) is 9.18. The molecule has 0 bridgehead atoms. The number of amides is 1. The lowest BCUT2D eigenvalue weighted by atomic mass is 10.0. The molecule has 1 saturated heterocycles. The summed E-state index contributed by atoms with van der Waals surface area (Å²) in [5.74, 6) is 0.766. The van der Waals surface area contributed by atoms with Crippen molar-refractivity contribution in [3.63, 3.8) is 0 Å². The molecule has 5 nitrogen and oxygen atoms in total. The van der Waals surface area contributed by atoms with Crippen LogP contribution in [0.1, 0.15) is 10.4 Å². The van der Waals surface area contributed by atoms with E-state index in [-0.39, 0.29) is 5.91 Å². The van der Waals surface area contributed by atoms with Crippen molar-refractivity contribution in [2.45, 2.75) is 0 Å². The van der Waals surface area contributed by atoms with Gasteiger partial charge in [0.15, 0.2) is 0 Å². The molecule has 1 aliphatic heterocycles. The van der Waals surface area contributed by atoms with Gasteiger partial charge in [-0.1, -0.05) is 29.3 Å². The molecule has 0 spiro atoms. The van der Waals surface area contributed by atoms with E-state index in [0.29, 0.717) is 40.4 Å².